The molecule has 236 valence electrons. The summed E-state index contributed by atoms with van der Waals surface area (Å²) in [7, 11) is 3.19. The molecule has 1 aliphatic heterocycles. The van der Waals surface area contributed by atoms with Gasteiger partial charge >= 0.3 is 0 Å². The average Bonchev–Trinajstić information content (AvgIpc) is 3.90. The molecule has 0 radical (unpaired) electrons. The average molecular weight is 673 g/mol. The SMILES string of the molecule is COc1cccc(C2CC(c3cccs3)=NN2C(=O)CSc2nnc(CNC(=O)c3cccs3)n2-c2cccc(C)c2C)c1OC. The van der Waals surface area contributed by atoms with E-state index in [-0.39, 0.29) is 30.2 Å². The first-order valence-electron chi connectivity index (χ1n) is 14.5. The summed E-state index contributed by atoms with van der Waals surface area (Å²) >= 11 is 4.25. The van der Waals surface area contributed by atoms with Crippen LogP contribution in [0.15, 0.2) is 81.7 Å². The minimum absolute atomic E-state index is 0.0640. The third-order valence-electron chi connectivity index (χ3n) is 7.76. The molecule has 0 saturated carbocycles. The number of thioether (sulfide) groups is 1. The number of rotatable bonds is 11. The predicted molar refractivity (Wildman–Crippen MR) is 182 cm³/mol. The highest BCUT2D eigenvalue weighted by Gasteiger charge is 2.36. The van der Waals surface area contributed by atoms with Gasteiger partial charge in [0.15, 0.2) is 22.5 Å². The highest BCUT2D eigenvalue weighted by atomic mass is 32.2. The Labute approximate surface area is 279 Å². The van der Waals surface area contributed by atoms with Crippen molar-refractivity contribution in [3.05, 3.63) is 104 Å². The zero-order valence-corrected chi connectivity index (χ0v) is 28.2. The molecule has 0 aliphatic carbocycles. The van der Waals surface area contributed by atoms with Gasteiger partial charge in [0, 0.05) is 12.0 Å². The maximum absolute atomic E-state index is 14.0. The van der Waals surface area contributed by atoms with Crippen LogP contribution in [-0.2, 0) is 11.3 Å². The third kappa shape index (κ3) is 6.30. The summed E-state index contributed by atoms with van der Waals surface area (Å²) in [6.07, 6.45) is 0.535. The van der Waals surface area contributed by atoms with Gasteiger partial charge in [0.25, 0.3) is 11.8 Å². The van der Waals surface area contributed by atoms with Crippen molar-refractivity contribution < 1.29 is 19.1 Å². The Morgan fingerprint density at radius 3 is 2.52 bits per heavy atom. The molecule has 2 aromatic carbocycles. The standard InChI is InChI=1S/C33H32N6O4S3/c1-20-9-5-11-24(21(20)2)38-29(18-34-32(41)28-14-8-16-45-28)35-36-33(38)46-19-30(40)39-25(17-23(37-39)27-13-7-15-44-27)22-10-6-12-26(42-3)31(22)43-4/h5-16,25H,17-19H2,1-4H3,(H,34,41). The van der Waals surface area contributed by atoms with Crippen LogP contribution >= 0.6 is 34.4 Å². The second-order valence-corrected chi connectivity index (χ2v) is 13.3. The lowest BCUT2D eigenvalue weighted by atomic mass is 9.99. The topological polar surface area (TPSA) is 111 Å². The lowest BCUT2D eigenvalue weighted by molar-refractivity contribution is -0.130. The lowest BCUT2D eigenvalue weighted by Crippen LogP contribution is -2.29. The smallest absolute Gasteiger partial charge is 0.261 e. The summed E-state index contributed by atoms with van der Waals surface area (Å²) in [5, 5.41) is 22.7. The number of benzene rings is 2. The number of aryl methyl sites for hydroxylation is 1. The summed E-state index contributed by atoms with van der Waals surface area (Å²) < 4.78 is 13.2. The van der Waals surface area contributed by atoms with Crippen LogP contribution in [0, 0.1) is 13.8 Å². The number of nitrogens with one attached hydrogen (secondary N) is 1. The number of hydrogen-bond donors (Lipinski definition) is 1. The van der Waals surface area contributed by atoms with Crippen molar-refractivity contribution in [2.45, 2.75) is 38.0 Å². The molecule has 6 rings (SSSR count). The number of ether oxygens (including phenoxy) is 2. The summed E-state index contributed by atoms with van der Waals surface area (Å²) in [5.74, 6) is 1.43. The van der Waals surface area contributed by atoms with Crippen LogP contribution < -0.4 is 14.8 Å². The normalized spacial score (nSPS) is 14.3. The zero-order chi connectivity index (χ0) is 32.2. The molecule has 1 N–H and O–H groups in total. The highest BCUT2D eigenvalue weighted by Crippen LogP contribution is 2.42. The van der Waals surface area contributed by atoms with Gasteiger partial charge in [-0.1, -0.05) is 48.2 Å². The highest BCUT2D eigenvalue weighted by molar-refractivity contribution is 7.99. The van der Waals surface area contributed by atoms with Crippen LogP contribution in [-0.4, -0.2) is 57.3 Å². The van der Waals surface area contributed by atoms with E-state index in [4.69, 9.17) is 14.6 Å². The zero-order valence-electron chi connectivity index (χ0n) is 25.7. The first-order valence-corrected chi connectivity index (χ1v) is 17.2. The van der Waals surface area contributed by atoms with Gasteiger partial charge in [0.05, 0.1) is 53.7 Å². The Morgan fingerprint density at radius 2 is 1.78 bits per heavy atom. The lowest BCUT2D eigenvalue weighted by Gasteiger charge is -2.24. The summed E-state index contributed by atoms with van der Waals surface area (Å²) in [6, 6.07) is 18.9. The Morgan fingerprint density at radius 1 is 0.978 bits per heavy atom. The number of thiophene rings is 2. The summed E-state index contributed by atoms with van der Waals surface area (Å²) in [4.78, 5) is 28.4. The number of carbonyl (C=O) groups excluding carboxylic acids is 2. The molecule has 5 aromatic rings. The number of hydrogen-bond acceptors (Lipinski definition) is 10. The Bertz CT molecular complexity index is 1890. The molecular weight excluding hydrogens is 641 g/mol. The molecule has 3 aromatic heterocycles. The quantitative estimate of drug-likeness (QED) is 0.161. The van der Waals surface area contributed by atoms with Gasteiger partial charge in [0.2, 0.25) is 0 Å². The second kappa shape index (κ2) is 13.9. The fourth-order valence-corrected chi connectivity index (χ4v) is 7.50. The minimum Gasteiger partial charge on any atom is -0.493 e. The van der Waals surface area contributed by atoms with E-state index in [9.17, 15) is 9.59 Å². The van der Waals surface area contributed by atoms with E-state index in [0.29, 0.717) is 33.8 Å². The molecule has 0 fully saturated rings. The van der Waals surface area contributed by atoms with Crippen LogP contribution in [0.5, 0.6) is 11.5 Å². The molecule has 2 amide bonds. The van der Waals surface area contributed by atoms with Gasteiger partial charge in [-0.25, -0.2) is 5.01 Å². The maximum Gasteiger partial charge on any atom is 0.261 e. The molecule has 1 unspecified atom stereocenters. The van der Waals surface area contributed by atoms with Crippen molar-refractivity contribution in [1.82, 2.24) is 25.1 Å². The molecule has 10 nitrogen and oxygen atoms in total. The van der Waals surface area contributed by atoms with Crippen molar-refractivity contribution in [3.63, 3.8) is 0 Å². The van der Waals surface area contributed by atoms with Crippen LogP contribution in [0.2, 0.25) is 0 Å². The maximum atomic E-state index is 14.0. The van der Waals surface area contributed by atoms with Gasteiger partial charge in [-0.05, 0) is 60.0 Å². The number of carbonyl (C=O) groups is 2. The second-order valence-electron chi connectivity index (χ2n) is 10.5. The summed E-state index contributed by atoms with van der Waals surface area (Å²) in [6.45, 7) is 4.25. The molecule has 4 heterocycles. The molecule has 13 heteroatoms. The fourth-order valence-electron chi connectivity index (χ4n) is 5.32. The van der Waals surface area contributed by atoms with E-state index < -0.39 is 0 Å². The van der Waals surface area contributed by atoms with Crippen LogP contribution in [0.25, 0.3) is 5.69 Å². The number of amides is 2. The van der Waals surface area contributed by atoms with Crippen molar-refractivity contribution in [1.29, 1.82) is 0 Å². The van der Waals surface area contributed by atoms with Crippen LogP contribution in [0.1, 0.15) is 49.5 Å². The van der Waals surface area contributed by atoms with Crippen molar-refractivity contribution in [2.75, 3.05) is 20.0 Å². The Balaban J connectivity index is 1.29. The van der Waals surface area contributed by atoms with E-state index in [1.54, 1.807) is 36.6 Å². The predicted octanol–water partition coefficient (Wildman–Crippen LogP) is 6.42. The molecule has 0 saturated heterocycles. The first-order chi connectivity index (χ1) is 22.4. The van der Waals surface area contributed by atoms with E-state index in [2.05, 4.69) is 15.5 Å². The first kappa shape index (κ1) is 31.5. The fraction of sp³-hybridized carbons (Fsp3) is 0.242. The molecule has 0 bridgehead atoms. The Hall–Kier alpha value is -4.46. The van der Waals surface area contributed by atoms with Gasteiger partial charge in [-0.3, -0.25) is 14.2 Å². The molecule has 1 aliphatic rings. The molecular formula is C33H32N6O4S3. The van der Waals surface area contributed by atoms with E-state index in [1.165, 1.54) is 23.1 Å². The van der Waals surface area contributed by atoms with Gasteiger partial charge in [-0.15, -0.1) is 32.9 Å². The molecule has 46 heavy (non-hydrogen) atoms. The monoisotopic (exact) mass is 672 g/mol. The van der Waals surface area contributed by atoms with E-state index in [0.717, 1.165) is 33.0 Å². The van der Waals surface area contributed by atoms with Crippen molar-refractivity contribution in [2.24, 2.45) is 5.10 Å². The van der Waals surface area contributed by atoms with Crippen molar-refractivity contribution in [3.8, 4) is 17.2 Å². The number of methoxy groups -OCH3 is 2. The summed E-state index contributed by atoms with van der Waals surface area (Å²) in [5.41, 5.74) is 4.70. The molecule has 0 spiro atoms. The van der Waals surface area contributed by atoms with Crippen molar-refractivity contribution >= 4 is 52.0 Å². The van der Waals surface area contributed by atoms with E-state index >= 15 is 0 Å². The Kier molecular flexibility index (Phi) is 9.52. The third-order valence-corrected chi connectivity index (χ3v) is 10.5. The van der Waals surface area contributed by atoms with Crippen LogP contribution in [0.4, 0.5) is 0 Å². The largest absolute Gasteiger partial charge is 0.493 e. The number of nitrogens with zero attached hydrogens (tertiary/aromatic N) is 5. The van der Waals surface area contributed by atoms with Gasteiger partial charge < -0.3 is 14.8 Å². The number of hydrazone groups is 1. The van der Waals surface area contributed by atoms with Gasteiger partial charge in [0.1, 0.15) is 0 Å². The number of para-hydroxylation sites is 1. The van der Waals surface area contributed by atoms with E-state index in [1.807, 2.05) is 83.8 Å². The molecule has 1 atom stereocenters. The van der Waals surface area contributed by atoms with Gasteiger partial charge in [-0.2, -0.15) is 5.10 Å². The minimum atomic E-state index is -0.379. The van der Waals surface area contributed by atoms with Crippen LogP contribution in [0.3, 0.4) is 0 Å². The number of aromatic nitrogens is 3.